The van der Waals surface area contributed by atoms with Crippen molar-refractivity contribution in [1.29, 1.82) is 0 Å². The number of benzene rings is 1. The third-order valence-corrected chi connectivity index (χ3v) is 4.28. The van der Waals surface area contributed by atoms with Gasteiger partial charge in [-0.3, -0.25) is 4.79 Å². The number of nitrogens with two attached hydrogens (primary N) is 1. The van der Waals surface area contributed by atoms with Crippen LogP contribution in [-0.4, -0.2) is 32.3 Å². The van der Waals surface area contributed by atoms with Crippen molar-refractivity contribution in [3.8, 4) is 0 Å². The molecule has 20 heavy (non-hydrogen) atoms. The van der Waals surface area contributed by atoms with Gasteiger partial charge in [0, 0.05) is 18.7 Å². The second-order valence-corrected chi connectivity index (χ2v) is 6.78. The third kappa shape index (κ3) is 3.34. The summed E-state index contributed by atoms with van der Waals surface area (Å²) in [6.45, 7) is 3.24. The second kappa shape index (κ2) is 5.49. The Kier molecular flexibility index (Phi) is 4.10. The van der Waals surface area contributed by atoms with Gasteiger partial charge in [-0.25, -0.2) is 17.9 Å². The number of piperidine rings is 1. The number of halogens is 1. The van der Waals surface area contributed by atoms with E-state index in [4.69, 9.17) is 5.14 Å². The molecule has 1 fully saturated rings. The van der Waals surface area contributed by atoms with Crippen molar-refractivity contribution >= 4 is 15.9 Å². The molecular formula is C13H17FN2O3S. The quantitative estimate of drug-likeness (QED) is 0.895. The lowest BCUT2D eigenvalue weighted by atomic mass is 9.99. The van der Waals surface area contributed by atoms with Crippen molar-refractivity contribution in [3.63, 3.8) is 0 Å². The first kappa shape index (κ1) is 14.9. The minimum atomic E-state index is -4.03. The Labute approximate surface area is 117 Å². The van der Waals surface area contributed by atoms with E-state index in [0.29, 0.717) is 19.0 Å². The molecule has 0 bridgehead atoms. The summed E-state index contributed by atoms with van der Waals surface area (Å²) in [4.78, 5) is 13.5. The van der Waals surface area contributed by atoms with Gasteiger partial charge in [0.2, 0.25) is 10.0 Å². The van der Waals surface area contributed by atoms with Crippen LogP contribution in [-0.2, 0) is 10.0 Å². The predicted octanol–water partition coefficient (Wildman–Crippen LogP) is 1.35. The highest BCUT2D eigenvalue weighted by atomic mass is 32.2. The molecule has 1 saturated heterocycles. The number of hydrogen-bond acceptors (Lipinski definition) is 3. The number of sulfonamides is 1. The molecule has 1 amide bonds. The topological polar surface area (TPSA) is 80.5 Å². The molecule has 0 radical (unpaired) electrons. The smallest absolute Gasteiger partial charge is 0.254 e. The van der Waals surface area contributed by atoms with Gasteiger partial charge in [-0.15, -0.1) is 0 Å². The van der Waals surface area contributed by atoms with Crippen LogP contribution in [0.5, 0.6) is 0 Å². The summed E-state index contributed by atoms with van der Waals surface area (Å²) in [5.74, 6) is -0.759. The number of hydrogen-bond donors (Lipinski definition) is 1. The van der Waals surface area contributed by atoms with Crippen LogP contribution in [0.15, 0.2) is 23.1 Å². The van der Waals surface area contributed by atoms with E-state index in [1.807, 2.05) is 6.92 Å². The van der Waals surface area contributed by atoms with Crippen molar-refractivity contribution in [2.45, 2.75) is 24.7 Å². The Bertz CT molecular complexity index is 631. The monoisotopic (exact) mass is 300 g/mol. The van der Waals surface area contributed by atoms with E-state index in [0.717, 1.165) is 31.0 Å². The molecule has 1 aliphatic heterocycles. The van der Waals surface area contributed by atoms with Crippen molar-refractivity contribution in [3.05, 3.63) is 29.6 Å². The number of rotatable bonds is 2. The zero-order valence-corrected chi connectivity index (χ0v) is 12.0. The molecule has 1 unspecified atom stereocenters. The summed E-state index contributed by atoms with van der Waals surface area (Å²) in [6, 6.07) is 2.97. The van der Waals surface area contributed by atoms with Crippen molar-refractivity contribution in [2.24, 2.45) is 11.1 Å². The Hall–Kier alpha value is -1.47. The first-order valence-electron chi connectivity index (χ1n) is 6.40. The molecule has 0 aliphatic carbocycles. The first-order valence-corrected chi connectivity index (χ1v) is 7.94. The van der Waals surface area contributed by atoms with E-state index < -0.39 is 15.8 Å². The van der Waals surface area contributed by atoms with Crippen molar-refractivity contribution in [1.82, 2.24) is 4.90 Å². The van der Waals surface area contributed by atoms with Gasteiger partial charge in [-0.05, 0) is 37.0 Å². The fraction of sp³-hybridized carbons (Fsp3) is 0.462. The molecule has 0 saturated carbocycles. The number of amides is 1. The van der Waals surface area contributed by atoms with Crippen molar-refractivity contribution in [2.75, 3.05) is 13.1 Å². The molecule has 1 aromatic rings. The molecular weight excluding hydrogens is 283 g/mol. The first-order chi connectivity index (χ1) is 9.27. The molecule has 2 N–H and O–H groups in total. The average Bonchev–Trinajstić information content (AvgIpc) is 2.36. The maximum atomic E-state index is 13.5. The highest BCUT2D eigenvalue weighted by Gasteiger charge is 2.23. The molecule has 110 valence electrons. The molecule has 5 nitrogen and oxygen atoms in total. The molecule has 1 aromatic carbocycles. The Morgan fingerprint density at radius 2 is 2.10 bits per heavy atom. The SMILES string of the molecule is CC1CCCN(C(=O)c2cc(F)cc(S(N)(=O)=O)c2)C1. The predicted molar refractivity (Wildman–Crippen MR) is 72.1 cm³/mol. The average molecular weight is 300 g/mol. The van der Waals surface area contributed by atoms with Crippen LogP contribution in [0.4, 0.5) is 4.39 Å². The standard InChI is InChI=1S/C13H17FN2O3S/c1-9-3-2-4-16(8-9)13(17)10-5-11(14)7-12(6-10)20(15,18)19/h5-7,9H,2-4,8H2,1H3,(H2,15,18,19). The fourth-order valence-corrected chi connectivity index (χ4v) is 2.97. The van der Waals surface area contributed by atoms with Crippen LogP contribution in [0.1, 0.15) is 30.1 Å². The lowest BCUT2D eigenvalue weighted by molar-refractivity contribution is 0.0682. The Morgan fingerprint density at radius 3 is 2.70 bits per heavy atom. The minimum Gasteiger partial charge on any atom is -0.338 e. The second-order valence-electron chi connectivity index (χ2n) is 5.22. The zero-order chi connectivity index (χ0) is 14.9. The van der Waals surface area contributed by atoms with E-state index in [-0.39, 0.29) is 16.4 Å². The summed E-state index contributed by atoms with van der Waals surface area (Å²) in [5.41, 5.74) is 0.0168. The Morgan fingerprint density at radius 1 is 1.40 bits per heavy atom. The van der Waals surface area contributed by atoms with Gasteiger partial charge in [0.15, 0.2) is 0 Å². The maximum absolute atomic E-state index is 13.5. The van der Waals surface area contributed by atoms with Crippen LogP contribution >= 0.6 is 0 Å². The molecule has 0 aromatic heterocycles. The van der Waals surface area contributed by atoms with Gasteiger partial charge in [0.25, 0.3) is 5.91 Å². The number of likely N-dealkylation sites (tertiary alicyclic amines) is 1. The lowest BCUT2D eigenvalue weighted by Gasteiger charge is -2.31. The summed E-state index contributed by atoms with van der Waals surface area (Å²) in [7, 11) is -4.03. The van der Waals surface area contributed by atoms with E-state index >= 15 is 0 Å². The van der Waals surface area contributed by atoms with Gasteiger partial charge >= 0.3 is 0 Å². The van der Waals surface area contributed by atoms with E-state index in [1.165, 1.54) is 0 Å². The molecule has 0 spiro atoms. The van der Waals surface area contributed by atoms with Gasteiger partial charge < -0.3 is 4.90 Å². The normalized spacial score (nSPS) is 19.9. The minimum absolute atomic E-state index is 0.0168. The number of carbonyl (C=O) groups excluding carboxylic acids is 1. The molecule has 7 heteroatoms. The van der Waals surface area contributed by atoms with Gasteiger partial charge in [-0.1, -0.05) is 6.92 Å². The molecule has 2 rings (SSSR count). The summed E-state index contributed by atoms with van der Waals surface area (Å²) >= 11 is 0. The van der Waals surface area contributed by atoms with Crippen LogP contribution in [0.2, 0.25) is 0 Å². The maximum Gasteiger partial charge on any atom is 0.254 e. The molecule has 1 heterocycles. The highest BCUT2D eigenvalue weighted by Crippen LogP contribution is 2.20. The fourth-order valence-electron chi connectivity index (χ4n) is 2.41. The summed E-state index contributed by atoms with van der Waals surface area (Å²) in [5, 5.41) is 4.98. The lowest BCUT2D eigenvalue weighted by Crippen LogP contribution is -2.39. The van der Waals surface area contributed by atoms with Gasteiger partial charge in [0.05, 0.1) is 4.90 Å². The van der Waals surface area contributed by atoms with Crippen molar-refractivity contribution < 1.29 is 17.6 Å². The number of nitrogens with zero attached hydrogens (tertiary/aromatic N) is 1. The molecule has 1 aliphatic rings. The third-order valence-electron chi connectivity index (χ3n) is 3.39. The van der Waals surface area contributed by atoms with E-state index in [1.54, 1.807) is 4.90 Å². The summed E-state index contributed by atoms with van der Waals surface area (Å²) < 4.78 is 36.0. The van der Waals surface area contributed by atoms with Crippen LogP contribution in [0, 0.1) is 11.7 Å². The van der Waals surface area contributed by atoms with E-state index in [2.05, 4.69) is 0 Å². The van der Waals surface area contributed by atoms with Crippen LogP contribution in [0.25, 0.3) is 0 Å². The van der Waals surface area contributed by atoms with Gasteiger partial charge in [-0.2, -0.15) is 0 Å². The number of primary sulfonamides is 1. The van der Waals surface area contributed by atoms with Crippen LogP contribution < -0.4 is 5.14 Å². The highest BCUT2D eigenvalue weighted by molar-refractivity contribution is 7.89. The molecule has 1 atom stereocenters. The largest absolute Gasteiger partial charge is 0.338 e. The number of carbonyl (C=O) groups is 1. The van der Waals surface area contributed by atoms with Gasteiger partial charge in [0.1, 0.15) is 5.82 Å². The Balaban J connectivity index is 2.32. The summed E-state index contributed by atoms with van der Waals surface area (Å²) in [6.07, 6.45) is 1.94. The van der Waals surface area contributed by atoms with Crippen LogP contribution in [0.3, 0.4) is 0 Å². The zero-order valence-electron chi connectivity index (χ0n) is 11.2. The van der Waals surface area contributed by atoms with E-state index in [9.17, 15) is 17.6 Å².